The molecule has 110 valence electrons. The first kappa shape index (κ1) is 15.7. The molecule has 0 aliphatic heterocycles. The Hall–Kier alpha value is -2.36. The molecule has 20 heavy (non-hydrogen) atoms. The van der Waals surface area contributed by atoms with Crippen molar-refractivity contribution in [2.24, 2.45) is 0 Å². The minimum absolute atomic E-state index is 0.270. The predicted molar refractivity (Wildman–Crippen MR) is 62.8 cm³/mol. The third-order valence-electron chi connectivity index (χ3n) is 2.21. The Morgan fingerprint density at radius 3 is 2.75 bits per heavy atom. The molecule has 1 aromatic heterocycles. The Bertz CT molecular complexity index is 524. The number of rotatable bonds is 6. The summed E-state index contributed by atoms with van der Waals surface area (Å²) in [6.07, 6.45) is 0. The standard InChI is InChI=1S/C10H11F2N3O5/c1-20-9(17)6-2-3-7(15(18)19)8(14-6)13-4-10(11,12)5-16/h2-3,16H,4-5H2,1H3,(H,13,14). The molecule has 0 atom stereocenters. The van der Waals surface area contributed by atoms with Crippen molar-refractivity contribution < 1.29 is 28.3 Å². The molecule has 0 saturated carbocycles. The Labute approximate surface area is 111 Å². The fraction of sp³-hybridized carbons (Fsp3) is 0.400. The molecular weight excluding hydrogens is 280 g/mol. The molecular formula is C10H11F2N3O5. The normalized spacial score (nSPS) is 11.0. The molecule has 0 fully saturated rings. The second kappa shape index (κ2) is 6.19. The van der Waals surface area contributed by atoms with Gasteiger partial charge in [0.25, 0.3) is 5.92 Å². The summed E-state index contributed by atoms with van der Waals surface area (Å²) < 4.78 is 30.2. The smallest absolute Gasteiger partial charge is 0.356 e. The number of hydrogen-bond donors (Lipinski definition) is 2. The van der Waals surface area contributed by atoms with Crippen LogP contribution in [0.5, 0.6) is 0 Å². The SMILES string of the molecule is COC(=O)c1ccc([N+](=O)[O-])c(NCC(F)(F)CO)n1. The van der Waals surface area contributed by atoms with Gasteiger partial charge in [-0.1, -0.05) is 0 Å². The zero-order valence-corrected chi connectivity index (χ0v) is 10.3. The fourth-order valence-corrected chi connectivity index (χ4v) is 1.22. The number of aliphatic hydroxyl groups excluding tert-OH is 1. The summed E-state index contributed by atoms with van der Waals surface area (Å²) in [5.41, 5.74) is -0.848. The first-order valence-electron chi connectivity index (χ1n) is 5.27. The van der Waals surface area contributed by atoms with Gasteiger partial charge in [-0.05, 0) is 6.07 Å². The Balaban J connectivity index is 3.06. The third kappa shape index (κ3) is 3.82. The van der Waals surface area contributed by atoms with Crippen molar-refractivity contribution in [1.29, 1.82) is 0 Å². The molecule has 1 rings (SSSR count). The number of carbonyl (C=O) groups excluding carboxylic acids is 1. The molecule has 0 aromatic carbocycles. The van der Waals surface area contributed by atoms with Crippen LogP contribution in [0.15, 0.2) is 12.1 Å². The number of nitrogens with zero attached hydrogens (tertiary/aromatic N) is 2. The Morgan fingerprint density at radius 2 is 2.25 bits per heavy atom. The molecule has 0 radical (unpaired) electrons. The van der Waals surface area contributed by atoms with E-state index in [2.05, 4.69) is 9.72 Å². The summed E-state index contributed by atoms with van der Waals surface area (Å²) in [6.45, 7) is -2.49. The molecule has 0 amide bonds. The number of aliphatic hydroxyl groups is 1. The van der Waals surface area contributed by atoms with Crippen molar-refractivity contribution in [2.75, 3.05) is 25.6 Å². The van der Waals surface area contributed by atoms with E-state index in [9.17, 15) is 23.7 Å². The van der Waals surface area contributed by atoms with Crippen LogP contribution in [-0.4, -0.2) is 47.2 Å². The van der Waals surface area contributed by atoms with Gasteiger partial charge in [-0.15, -0.1) is 0 Å². The van der Waals surface area contributed by atoms with E-state index in [1.165, 1.54) is 0 Å². The number of aromatic nitrogens is 1. The maximum Gasteiger partial charge on any atom is 0.356 e. The van der Waals surface area contributed by atoms with E-state index < -0.39 is 41.5 Å². The molecule has 0 aliphatic carbocycles. The van der Waals surface area contributed by atoms with E-state index in [-0.39, 0.29) is 5.69 Å². The van der Waals surface area contributed by atoms with E-state index >= 15 is 0 Å². The number of esters is 1. The average molecular weight is 291 g/mol. The van der Waals surface area contributed by atoms with Crippen molar-refractivity contribution in [3.63, 3.8) is 0 Å². The molecule has 0 bridgehead atoms. The highest BCUT2D eigenvalue weighted by Crippen LogP contribution is 2.24. The van der Waals surface area contributed by atoms with Crippen LogP contribution >= 0.6 is 0 Å². The van der Waals surface area contributed by atoms with Gasteiger partial charge in [0.15, 0.2) is 5.69 Å². The number of ether oxygens (including phenoxy) is 1. The molecule has 0 saturated heterocycles. The van der Waals surface area contributed by atoms with Crippen LogP contribution in [0.25, 0.3) is 0 Å². The second-order valence-electron chi connectivity index (χ2n) is 3.68. The van der Waals surface area contributed by atoms with E-state index in [0.29, 0.717) is 0 Å². The highest BCUT2D eigenvalue weighted by molar-refractivity contribution is 5.88. The van der Waals surface area contributed by atoms with Crippen molar-refractivity contribution in [3.05, 3.63) is 27.9 Å². The quantitative estimate of drug-likeness (QED) is 0.453. The van der Waals surface area contributed by atoms with Gasteiger partial charge in [-0.2, -0.15) is 0 Å². The lowest BCUT2D eigenvalue weighted by atomic mass is 10.3. The van der Waals surface area contributed by atoms with Gasteiger partial charge in [0.2, 0.25) is 5.82 Å². The van der Waals surface area contributed by atoms with Crippen LogP contribution in [0.3, 0.4) is 0 Å². The number of pyridine rings is 1. The zero-order chi connectivity index (χ0) is 15.3. The Kier molecular flexibility index (Phi) is 4.86. The first-order valence-corrected chi connectivity index (χ1v) is 5.27. The monoisotopic (exact) mass is 291 g/mol. The lowest BCUT2D eigenvalue weighted by Gasteiger charge is -2.14. The number of carbonyl (C=O) groups is 1. The van der Waals surface area contributed by atoms with Crippen LogP contribution in [0.2, 0.25) is 0 Å². The third-order valence-corrected chi connectivity index (χ3v) is 2.21. The van der Waals surface area contributed by atoms with Crippen LogP contribution in [-0.2, 0) is 4.74 Å². The molecule has 0 spiro atoms. The van der Waals surface area contributed by atoms with Gasteiger partial charge in [-0.25, -0.2) is 18.6 Å². The van der Waals surface area contributed by atoms with Crippen molar-refractivity contribution in [3.8, 4) is 0 Å². The maximum atomic E-state index is 12.9. The lowest BCUT2D eigenvalue weighted by molar-refractivity contribution is -0.384. The predicted octanol–water partition coefficient (Wildman–Crippen LogP) is 0.816. The van der Waals surface area contributed by atoms with E-state index in [4.69, 9.17) is 5.11 Å². The van der Waals surface area contributed by atoms with Crippen molar-refractivity contribution in [1.82, 2.24) is 4.98 Å². The average Bonchev–Trinajstić information content (AvgIpc) is 2.43. The minimum Gasteiger partial charge on any atom is -0.464 e. The molecule has 1 heterocycles. The highest BCUT2D eigenvalue weighted by Gasteiger charge is 2.29. The highest BCUT2D eigenvalue weighted by atomic mass is 19.3. The number of methoxy groups -OCH3 is 1. The topological polar surface area (TPSA) is 115 Å². The molecule has 0 aliphatic rings. The number of nitro groups is 1. The molecule has 0 unspecified atom stereocenters. The van der Waals surface area contributed by atoms with Gasteiger partial charge in [0, 0.05) is 6.07 Å². The van der Waals surface area contributed by atoms with Crippen LogP contribution in [0.4, 0.5) is 20.3 Å². The number of nitrogens with one attached hydrogen (secondary N) is 1. The summed E-state index contributed by atoms with van der Waals surface area (Å²) in [7, 11) is 1.08. The van der Waals surface area contributed by atoms with Gasteiger partial charge in [0.05, 0.1) is 18.6 Å². The van der Waals surface area contributed by atoms with E-state index in [0.717, 1.165) is 19.2 Å². The second-order valence-corrected chi connectivity index (χ2v) is 3.68. The number of hydrogen-bond acceptors (Lipinski definition) is 7. The van der Waals surface area contributed by atoms with Gasteiger partial charge < -0.3 is 15.2 Å². The largest absolute Gasteiger partial charge is 0.464 e. The van der Waals surface area contributed by atoms with Gasteiger partial charge in [0.1, 0.15) is 6.61 Å². The van der Waals surface area contributed by atoms with Crippen molar-refractivity contribution in [2.45, 2.75) is 5.92 Å². The summed E-state index contributed by atoms with van der Waals surface area (Å²) >= 11 is 0. The summed E-state index contributed by atoms with van der Waals surface area (Å²) in [5, 5.41) is 21.2. The van der Waals surface area contributed by atoms with Gasteiger partial charge >= 0.3 is 11.7 Å². The summed E-state index contributed by atoms with van der Waals surface area (Å²) in [6, 6.07) is 1.98. The summed E-state index contributed by atoms with van der Waals surface area (Å²) in [4.78, 5) is 24.7. The van der Waals surface area contributed by atoms with E-state index in [1.54, 1.807) is 0 Å². The van der Waals surface area contributed by atoms with Crippen LogP contribution < -0.4 is 5.32 Å². The molecule has 1 aromatic rings. The maximum absolute atomic E-state index is 12.9. The Morgan fingerprint density at radius 1 is 1.60 bits per heavy atom. The summed E-state index contributed by atoms with van der Waals surface area (Å²) in [5.74, 6) is -4.85. The van der Waals surface area contributed by atoms with Crippen molar-refractivity contribution >= 4 is 17.5 Å². The van der Waals surface area contributed by atoms with Crippen LogP contribution in [0.1, 0.15) is 10.5 Å². The molecule has 8 nitrogen and oxygen atoms in total. The molecule has 2 N–H and O–H groups in total. The van der Waals surface area contributed by atoms with Crippen LogP contribution in [0, 0.1) is 10.1 Å². The number of anilines is 1. The minimum atomic E-state index is -3.48. The first-order chi connectivity index (χ1) is 9.30. The number of halogens is 2. The molecule has 10 heteroatoms. The fourth-order valence-electron chi connectivity index (χ4n) is 1.22. The lowest BCUT2D eigenvalue weighted by Crippen LogP contribution is -2.31. The van der Waals surface area contributed by atoms with Gasteiger partial charge in [-0.3, -0.25) is 10.1 Å². The van der Waals surface area contributed by atoms with E-state index in [1.807, 2.05) is 5.32 Å². The number of alkyl halides is 2. The zero-order valence-electron chi connectivity index (χ0n) is 10.3.